The molecule has 17 heavy (non-hydrogen) atoms. The molecule has 1 aromatic carbocycles. The van der Waals surface area contributed by atoms with Crippen molar-refractivity contribution >= 4 is 17.7 Å². The molecule has 3 nitrogen and oxygen atoms in total. The largest absolute Gasteiger partial charge is 0.356 e. The Hall–Kier alpha value is -1.16. The molecule has 0 saturated heterocycles. The van der Waals surface area contributed by atoms with E-state index >= 15 is 0 Å². The Balaban J connectivity index is 2.20. The summed E-state index contributed by atoms with van der Waals surface area (Å²) in [6.45, 7) is 1.86. The molecule has 0 bridgehead atoms. The van der Waals surface area contributed by atoms with Gasteiger partial charge in [0, 0.05) is 25.9 Å². The molecule has 1 aromatic rings. The number of guanidine groups is 1. The second kappa shape index (κ2) is 8.93. The predicted octanol–water partition coefficient (Wildman–Crippen LogP) is 1.76. The zero-order valence-electron chi connectivity index (χ0n) is 10.6. The van der Waals surface area contributed by atoms with Gasteiger partial charge in [-0.15, -0.1) is 0 Å². The lowest BCUT2D eigenvalue weighted by molar-refractivity contribution is 0.812. The SMILES string of the molecule is CN=C(NCCSC)NCCc1ccccc1. The van der Waals surface area contributed by atoms with Crippen LogP contribution in [-0.4, -0.2) is 38.1 Å². The lowest BCUT2D eigenvalue weighted by Gasteiger charge is -2.11. The number of thioether (sulfide) groups is 1. The van der Waals surface area contributed by atoms with Gasteiger partial charge in [-0.1, -0.05) is 30.3 Å². The molecule has 0 aliphatic rings. The van der Waals surface area contributed by atoms with Crippen LogP contribution >= 0.6 is 11.8 Å². The van der Waals surface area contributed by atoms with Crippen molar-refractivity contribution in [3.63, 3.8) is 0 Å². The molecule has 0 saturated carbocycles. The van der Waals surface area contributed by atoms with Gasteiger partial charge in [-0.2, -0.15) is 11.8 Å². The maximum atomic E-state index is 4.18. The minimum Gasteiger partial charge on any atom is -0.356 e. The summed E-state index contributed by atoms with van der Waals surface area (Å²) >= 11 is 1.83. The van der Waals surface area contributed by atoms with Crippen molar-refractivity contribution in [1.29, 1.82) is 0 Å². The number of hydrogen-bond donors (Lipinski definition) is 2. The summed E-state index contributed by atoms with van der Waals surface area (Å²) in [5, 5.41) is 6.58. The molecule has 0 fully saturated rings. The quantitative estimate of drug-likeness (QED) is 0.459. The Morgan fingerprint density at radius 2 is 1.88 bits per heavy atom. The minimum atomic E-state index is 0.884. The van der Waals surface area contributed by atoms with Crippen LogP contribution in [0.15, 0.2) is 35.3 Å². The van der Waals surface area contributed by atoms with E-state index in [1.165, 1.54) is 5.56 Å². The van der Waals surface area contributed by atoms with Crippen molar-refractivity contribution in [1.82, 2.24) is 10.6 Å². The summed E-state index contributed by atoms with van der Waals surface area (Å²) in [5.41, 5.74) is 1.35. The van der Waals surface area contributed by atoms with Crippen LogP contribution in [0.3, 0.4) is 0 Å². The first-order chi connectivity index (χ1) is 8.36. The topological polar surface area (TPSA) is 36.4 Å². The fraction of sp³-hybridized carbons (Fsp3) is 0.462. The van der Waals surface area contributed by atoms with Crippen molar-refractivity contribution in [2.24, 2.45) is 4.99 Å². The van der Waals surface area contributed by atoms with Crippen molar-refractivity contribution in [3.8, 4) is 0 Å². The average Bonchev–Trinajstić information content (AvgIpc) is 2.38. The van der Waals surface area contributed by atoms with E-state index in [0.29, 0.717) is 0 Å². The highest BCUT2D eigenvalue weighted by Crippen LogP contribution is 1.97. The van der Waals surface area contributed by atoms with Gasteiger partial charge in [0.25, 0.3) is 0 Å². The highest BCUT2D eigenvalue weighted by molar-refractivity contribution is 7.98. The Bertz CT molecular complexity index is 325. The van der Waals surface area contributed by atoms with Gasteiger partial charge < -0.3 is 10.6 Å². The molecule has 0 amide bonds. The number of benzene rings is 1. The summed E-state index contributed by atoms with van der Waals surface area (Å²) in [5.74, 6) is 1.98. The van der Waals surface area contributed by atoms with Crippen LogP contribution in [0.4, 0.5) is 0 Å². The van der Waals surface area contributed by atoms with E-state index in [2.05, 4.69) is 46.1 Å². The Kier molecular flexibility index (Phi) is 7.30. The first-order valence-electron chi connectivity index (χ1n) is 5.84. The molecular formula is C13H21N3S. The monoisotopic (exact) mass is 251 g/mol. The molecule has 0 heterocycles. The first-order valence-corrected chi connectivity index (χ1v) is 7.23. The van der Waals surface area contributed by atoms with Crippen molar-refractivity contribution < 1.29 is 0 Å². The van der Waals surface area contributed by atoms with E-state index in [-0.39, 0.29) is 0 Å². The molecule has 2 N–H and O–H groups in total. The Labute approximate surface area is 108 Å². The number of aliphatic imine (C=N–C) groups is 1. The lowest BCUT2D eigenvalue weighted by Crippen LogP contribution is -2.39. The van der Waals surface area contributed by atoms with E-state index in [4.69, 9.17) is 0 Å². The molecule has 1 rings (SSSR count). The van der Waals surface area contributed by atoms with E-state index in [1.807, 2.05) is 17.8 Å². The standard InChI is InChI=1S/C13H21N3S/c1-14-13(16-10-11-17-2)15-9-8-12-6-4-3-5-7-12/h3-7H,8-11H2,1-2H3,(H2,14,15,16). The van der Waals surface area contributed by atoms with Crippen LogP contribution in [0.5, 0.6) is 0 Å². The number of hydrogen-bond acceptors (Lipinski definition) is 2. The summed E-state index contributed by atoms with van der Waals surface area (Å²) in [6.07, 6.45) is 3.12. The van der Waals surface area contributed by atoms with Crippen molar-refractivity contribution in [2.75, 3.05) is 32.1 Å². The van der Waals surface area contributed by atoms with Gasteiger partial charge in [-0.05, 0) is 18.2 Å². The second-order valence-electron chi connectivity index (χ2n) is 3.65. The van der Waals surface area contributed by atoms with E-state index in [1.54, 1.807) is 7.05 Å². The van der Waals surface area contributed by atoms with Gasteiger partial charge in [0.05, 0.1) is 0 Å². The predicted molar refractivity (Wildman–Crippen MR) is 77.9 cm³/mol. The molecule has 94 valence electrons. The third-order valence-corrected chi connectivity index (χ3v) is 2.98. The smallest absolute Gasteiger partial charge is 0.191 e. The van der Waals surface area contributed by atoms with Gasteiger partial charge in [-0.3, -0.25) is 4.99 Å². The second-order valence-corrected chi connectivity index (χ2v) is 4.64. The van der Waals surface area contributed by atoms with Crippen molar-refractivity contribution in [2.45, 2.75) is 6.42 Å². The van der Waals surface area contributed by atoms with Gasteiger partial charge >= 0.3 is 0 Å². The maximum absolute atomic E-state index is 4.18. The van der Waals surface area contributed by atoms with Gasteiger partial charge in [0.15, 0.2) is 5.96 Å². The Morgan fingerprint density at radius 3 is 2.53 bits per heavy atom. The molecule has 0 unspecified atom stereocenters. The number of nitrogens with one attached hydrogen (secondary N) is 2. The lowest BCUT2D eigenvalue weighted by atomic mass is 10.1. The maximum Gasteiger partial charge on any atom is 0.191 e. The van der Waals surface area contributed by atoms with Crippen LogP contribution < -0.4 is 10.6 Å². The zero-order valence-corrected chi connectivity index (χ0v) is 11.4. The highest BCUT2D eigenvalue weighted by Gasteiger charge is 1.96. The number of nitrogens with zero attached hydrogens (tertiary/aromatic N) is 1. The third-order valence-electron chi connectivity index (χ3n) is 2.37. The van der Waals surface area contributed by atoms with Crippen LogP contribution in [-0.2, 0) is 6.42 Å². The van der Waals surface area contributed by atoms with Crippen LogP contribution in [0.25, 0.3) is 0 Å². The van der Waals surface area contributed by atoms with Crippen LogP contribution in [0.2, 0.25) is 0 Å². The third kappa shape index (κ3) is 6.22. The average molecular weight is 251 g/mol. The molecule has 0 aliphatic carbocycles. The van der Waals surface area contributed by atoms with E-state index < -0.39 is 0 Å². The van der Waals surface area contributed by atoms with Crippen LogP contribution in [0.1, 0.15) is 5.56 Å². The molecule has 0 aliphatic heterocycles. The summed E-state index contributed by atoms with van der Waals surface area (Å²) in [4.78, 5) is 4.18. The molecule has 0 atom stereocenters. The Morgan fingerprint density at radius 1 is 1.18 bits per heavy atom. The fourth-order valence-electron chi connectivity index (χ4n) is 1.46. The summed E-state index contributed by atoms with van der Waals surface area (Å²) in [7, 11) is 1.80. The van der Waals surface area contributed by atoms with Gasteiger partial charge in [-0.25, -0.2) is 0 Å². The minimum absolute atomic E-state index is 0.884. The summed E-state index contributed by atoms with van der Waals surface area (Å²) in [6, 6.07) is 10.5. The molecule has 0 radical (unpaired) electrons. The van der Waals surface area contributed by atoms with Crippen LogP contribution in [0, 0.1) is 0 Å². The molecule has 0 spiro atoms. The number of rotatable bonds is 6. The summed E-state index contributed by atoms with van der Waals surface area (Å²) < 4.78 is 0. The van der Waals surface area contributed by atoms with E-state index in [9.17, 15) is 0 Å². The van der Waals surface area contributed by atoms with Gasteiger partial charge in [0.1, 0.15) is 0 Å². The molecule has 0 aromatic heterocycles. The normalized spacial score (nSPS) is 11.3. The molecular weight excluding hydrogens is 230 g/mol. The molecule has 4 heteroatoms. The van der Waals surface area contributed by atoms with Crippen molar-refractivity contribution in [3.05, 3.63) is 35.9 Å². The highest BCUT2D eigenvalue weighted by atomic mass is 32.2. The van der Waals surface area contributed by atoms with Gasteiger partial charge in [0.2, 0.25) is 0 Å². The fourth-order valence-corrected chi connectivity index (χ4v) is 1.77. The first kappa shape index (κ1) is 13.9. The zero-order chi connectivity index (χ0) is 12.3. The van der Waals surface area contributed by atoms with E-state index in [0.717, 1.165) is 31.2 Å².